The largest absolute Gasteiger partial charge is 0.386 e. The summed E-state index contributed by atoms with van der Waals surface area (Å²) in [4.78, 5) is 5.33. The molecule has 0 saturated heterocycles. The highest BCUT2D eigenvalue weighted by Gasteiger charge is 2.35. The molecule has 4 heteroatoms. The second-order valence-corrected chi connectivity index (χ2v) is 9.96. The number of nitrogens with zero attached hydrogens (tertiary/aromatic N) is 2. The SMILES string of the molecule is N#CC1=CNCC(c2ccccc2[C@@H]2C=CC=CC2N2C3=C(CCC=C3)Sc3ccccc32)=C1. The minimum atomic E-state index is 0.157. The Morgan fingerprint density at radius 3 is 2.82 bits per heavy atom. The van der Waals surface area contributed by atoms with Gasteiger partial charge in [0.05, 0.1) is 23.0 Å². The molecule has 2 aromatic rings. The molecule has 0 radical (unpaired) electrons. The number of nitriles is 1. The number of allylic oxidation sites excluding steroid dienone is 7. The van der Waals surface area contributed by atoms with Crippen LogP contribution in [0, 0.1) is 11.3 Å². The first kappa shape index (κ1) is 20.9. The smallest absolute Gasteiger partial charge is 0.101 e. The van der Waals surface area contributed by atoms with Crippen LogP contribution in [0.5, 0.6) is 0 Å². The van der Waals surface area contributed by atoms with E-state index >= 15 is 0 Å². The van der Waals surface area contributed by atoms with E-state index in [1.807, 2.05) is 17.8 Å². The average molecular weight is 460 g/mol. The fraction of sp³-hybridized carbons (Fsp3) is 0.167. The van der Waals surface area contributed by atoms with Crippen molar-refractivity contribution >= 4 is 23.0 Å². The Labute approximate surface area is 205 Å². The minimum absolute atomic E-state index is 0.157. The van der Waals surface area contributed by atoms with Crippen LogP contribution in [-0.4, -0.2) is 12.6 Å². The Morgan fingerprint density at radius 1 is 1.03 bits per heavy atom. The first-order chi connectivity index (χ1) is 16.8. The van der Waals surface area contributed by atoms with Gasteiger partial charge < -0.3 is 10.2 Å². The fourth-order valence-electron chi connectivity index (χ4n) is 5.27. The van der Waals surface area contributed by atoms with E-state index in [1.165, 1.54) is 32.3 Å². The summed E-state index contributed by atoms with van der Waals surface area (Å²) in [6.45, 7) is 0.723. The molecule has 2 aromatic carbocycles. The van der Waals surface area contributed by atoms with Gasteiger partial charge in [0.1, 0.15) is 6.07 Å². The topological polar surface area (TPSA) is 39.1 Å². The van der Waals surface area contributed by atoms with Crippen LogP contribution in [0.3, 0.4) is 0 Å². The summed E-state index contributed by atoms with van der Waals surface area (Å²) in [5.74, 6) is 0.179. The van der Waals surface area contributed by atoms with Gasteiger partial charge in [-0.05, 0) is 53.8 Å². The molecule has 2 heterocycles. The number of dihydropyridines is 1. The second kappa shape index (κ2) is 8.93. The van der Waals surface area contributed by atoms with Gasteiger partial charge in [0.15, 0.2) is 0 Å². The predicted octanol–water partition coefficient (Wildman–Crippen LogP) is 6.83. The molecular weight excluding hydrogens is 434 g/mol. The summed E-state index contributed by atoms with van der Waals surface area (Å²) in [6.07, 6.45) is 19.7. The van der Waals surface area contributed by atoms with Gasteiger partial charge in [0.25, 0.3) is 0 Å². The van der Waals surface area contributed by atoms with Gasteiger partial charge in [0, 0.05) is 28.5 Å². The third-order valence-corrected chi connectivity index (χ3v) is 8.02. The zero-order chi connectivity index (χ0) is 22.9. The third-order valence-electron chi connectivity index (χ3n) is 6.80. The molecule has 0 saturated carbocycles. The number of anilines is 1. The van der Waals surface area contributed by atoms with Crippen molar-refractivity contribution < 1.29 is 0 Å². The van der Waals surface area contributed by atoms with Gasteiger partial charge in [-0.1, -0.05) is 78.5 Å². The van der Waals surface area contributed by atoms with Crippen LogP contribution in [-0.2, 0) is 0 Å². The first-order valence-corrected chi connectivity index (χ1v) is 12.6. The standard InChI is InChI=1S/C30H25N3S/c31-18-21-17-22(20-32-19-21)23-9-1-2-10-24(23)25-11-3-4-12-26(25)33-27-13-5-7-15-29(27)34-30-16-8-6-14-28(30)33/h1-7,9-15,17,19,25-26,32H,8,16,20H2/t25-,26?/m0/s1. The molecule has 0 aromatic heterocycles. The second-order valence-electron chi connectivity index (χ2n) is 8.82. The van der Waals surface area contributed by atoms with Gasteiger partial charge in [0.2, 0.25) is 0 Å². The van der Waals surface area contributed by atoms with Crippen molar-refractivity contribution in [2.24, 2.45) is 0 Å². The molecule has 2 atom stereocenters. The Kier molecular flexibility index (Phi) is 5.49. The van der Waals surface area contributed by atoms with Crippen molar-refractivity contribution in [1.29, 1.82) is 5.26 Å². The van der Waals surface area contributed by atoms with Crippen LogP contribution < -0.4 is 10.2 Å². The number of para-hydroxylation sites is 1. The lowest BCUT2D eigenvalue weighted by atomic mass is 9.81. The maximum atomic E-state index is 9.45. The molecule has 0 amide bonds. The molecular formula is C30H25N3S. The van der Waals surface area contributed by atoms with E-state index < -0.39 is 0 Å². The summed E-state index contributed by atoms with van der Waals surface area (Å²) in [5, 5.41) is 12.7. The highest BCUT2D eigenvalue weighted by Crippen LogP contribution is 2.49. The number of nitrogens with one attached hydrogen (secondary N) is 1. The fourth-order valence-corrected chi connectivity index (χ4v) is 6.45. The molecule has 166 valence electrons. The molecule has 1 unspecified atom stereocenters. The van der Waals surface area contributed by atoms with Crippen molar-refractivity contribution in [1.82, 2.24) is 5.32 Å². The Hall–Kier alpha value is -3.68. The summed E-state index contributed by atoms with van der Waals surface area (Å²) in [7, 11) is 0. The van der Waals surface area contributed by atoms with E-state index in [4.69, 9.17) is 0 Å². The van der Waals surface area contributed by atoms with Gasteiger partial charge in [-0.3, -0.25) is 0 Å². The van der Waals surface area contributed by atoms with Crippen molar-refractivity contribution in [3.05, 3.63) is 125 Å². The molecule has 0 fully saturated rings. The number of hydrogen-bond acceptors (Lipinski definition) is 4. The summed E-state index contributed by atoms with van der Waals surface area (Å²) < 4.78 is 0. The maximum Gasteiger partial charge on any atom is 0.101 e. The van der Waals surface area contributed by atoms with Crippen LogP contribution in [0.25, 0.3) is 5.57 Å². The quantitative estimate of drug-likeness (QED) is 0.546. The zero-order valence-corrected chi connectivity index (χ0v) is 19.6. The van der Waals surface area contributed by atoms with Crippen molar-refractivity contribution in [2.45, 2.75) is 29.7 Å². The van der Waals surface area contributed by atoms with E-state index in [0.29, 0.717) is 5.57 Å². The molecule has 2 aliphatic heterocycles. The van der Waals surface area contributed by atoms with Crippen LogP contribution in [0.15, 0.2) is 118 Å². The Balaban J connectivity index is 1.47. The lowest BCUT2D eigenvalue weighted by Crippen LogP contribution is -2.40. The molecule has 4 aliphatic rings. The monoisotopic (exact) mass is 459 g/mol. The molecule has 6 rings (SSSR count). The lowest BCUT2D eigenvalue weighted by Gasteiger charge is -2.43. The average Bonchev–Trinajstić information content (AvgIpc) is 2.92. The van der Waals surface area contributed by atoms with E-state index in [9.17, 15) is 5.26 Å². The minimum Gasteiger partial charge on any atom is -0.386 e. The van der Waals surface area contributed by atoms with Gasteiger partial charge >= 0.3 is 0 Å². The van der Waals surface area contributed by atoms with Crippen molar-refractivity contribution in [3.8, 4) is 6.07 Å². The highest BCUT2D eigenvalue weighted by molar-refractivity contribution is 8.03. The number of thioether (sulfide) groups is 1. The van der Waals surface area contributed by atoms with E-state index in [-0.39, 0.29) is 12.0 Å². The normalized spacial score (nSPS) is 22.9. The van der Waals surface area contributed by atoms with E-state index in [1.54, 1.807) is 6.20 Å². The Morgan fingerprint density at radius 2 is 1.88 bits per heavy atom. The van der Waals surface area contributed by atoms with E-state index in [2.05, 4.69) is 101 Å². The number of fused-ring (bicyclic) bond motifs is 1. The molecule has 2 aliphatic carbocycles. The van der Waals surface area contributed by atoms with Gasteiger partial charge in [-0.25, -0.2) is 0 Å². The Bertz CT molecular complexity index is 1370. The molecule has 3 nitrogen and oxygen atoms in total. The van der Waals surface area contributed by atoms with Gasteiger partial charge in [-0.15, -0.1) is 0 Å². The van der Waals surface area contributed by atoms with E-state index in [0.717, 1.165) is 25.0 Å². The zero-order valence-electron chi connectivity index (χ0n) is 18.8. The molecule has 1 N–H and O–H groups in total. The predicted molar refractivity (Wildman–Crippen MR) is 141 cm³/mol. The number of hydrogen-bond donors (Lipinski definition) is 1. The van der Waals surface area contributed by atoms with Crippen LogP contribution in [0.4, 0.5) is 5.69 Å². The number of benzene rings is 2. The lowest BCUT2D eigenvalue weighted by molar-refractivity contribution is 0.664. The summed E-state index contributed by atoms with van der Waals surface area (Å²) in [6, 6.07) is 19.9. The van der Waals surface area contributed by atoms with Gasteiger partial charge in [-0.2, -0.15) is 5.26 Å². The molecule has 34 heavy (non-hydrogen) atoms. The summed E-state index contributed by atoms with van der Waals surface area (Å²) in [5.41, 5.74) is 6.92. The number of rotatable bonds is 3. The molecule has 0 bridgehead atoms. The van der Waals surface area contributed by atoms with Crippen molar-refractivity contribution in [3.63, 3.8) is 0 Å². The van der Waals surface area contributed by atoms with Crippen LogP contribution in [0.1, 0.15) is 29.9 Å². The molecule has 0 spiro atoms. The highest BCUT2D eigenvalue weighted by atomic mass is 32.2. The maximum absolute atomic E-state index is 9.45. The van der Waals surface area contributed by atoms with Crippen LogP contribution in [0.2, 0.25) is 0 Å². The summed E-state index contributed by atoms with van der Waals surface area (Å²) >= 11 is 1.92. The van der Waals surface area contributed by atoms with Crippen molar-refractivity contribution in [2.75, 3.05) is 11.4 Å². The third kappa shape index (κ3) is 3.63. The first-order valence-electron chi connectivity index (χ1n) is 11.8. The van der Waals surface area contributed by atoms with Crippen LogP contribution >= 0.6 is 11.8 Å².